The highest BCUT2D eigenvalue weighted by atomic mass is 19.1. The van der Waals surface area contributed by atoms with Gasteiger partial charge in [-0.25, -0.2) is 9.18 Å². The molecule has 0 fully saturated rings. The van der Waals surface area contributed by atoms with E-state index in [1.807, 2.05) is 43.3 Å². The van der Waals surface area contributed by atoms with Crippen molar-refractivity contribution in [3.8, 4) is 16.9 Å². The predicted octanol–water partition coefficient (Wildman–Crippen LogP) is 6.70. The van der Waals surface area contributed by atoms with Crippen molar-refractivity contribution in [2.24, 2.45) is 7.05 Å². The Morgan fingerprint density at radius 3 is 2.46 bits per heavy atom. The molecule has 0 bridgehead atoms. The molecule has 1 N–H and O–H groups in total. The molecule has 0 radical (unpaired) electrons. The molecular formula is C34H36FNO5. The second kappa shape index (κ2) is 11.1. The van der Waals surface area contributed by atoms with Crippen molar-refractivity contribution in [3.63, 3.8) is 0 Å². The summed E-state index contributed by atoms with van der Waals surface area (Å²) in [6.07, 6.45) is 1.49. The second-order valence-electron chi connectivity index (χ2n) is 11.7. The first-order valence-corrected chi connectivity index (χ1v) is 14.0. The first-order chi connectivity index (χ1) is 19.5. The zero-order chi connectivity index (χ0) is 29.5. The van der Waals surface area contributed by atoms with Gasteiger partial charge in [-0.1, -0.05) is 42.5 Å². The lowest BCUT2D eigenvalue weighted by molar-refractivity contribution is -0.161. The number of hydrogen-bond donors (Lipinski definition) is 1. The Bertz CT molecular complexity index is 1680. The topological polar surface area (TPSA) is 77.8 Å². The van der Waals surface area contributed by atoms with E-state index in [4.69, 9.17) is 9.47 Å². The lowest BCUT2D eigenvalue weighted by atomic mass is 9.87. The average Bonchev–Trinajstić information content (AvgIpc) is 2.95. The quantitative estimate of drug-likeness (QED) is 0.274. The molecule has 3 aromatic carbocycles. The summed E-state index contributed by atoms with van der Waals surface area (Å²) in [5.41, 5.74) is 3.79. The third kappa shape index (κ3) is 5.64. The highest BCUT2D eigenvalue weighted by Crippen LogP contribution is 2.43. The van der Waals surface area contributed by atoms with Crippen molar-refractivity contribution in [1.29, 1.82) is 0 Å². The predicted molar refractivity (Wildman–Crippen MR) is 158 cm³/mol. The summed E-state index contributed by atoms with van der Waals surface area (Å²) in [4.78, 5) is 26.5. The van der Waals surface area contributed by atoms with Gasteiger partial charge in [0.25, 0.3) is 5.56 Å². The van der Waals surface area contributed by atoms with Gasteiger partial charge in [-0.05, 0) is 93.2 Å². The number of carboxylic acid groups (broad SMARTS) is 1. The number of benzene rings is 3. The van der Waals surface area contributed by atoms with Crippen molar-refractivity contribution >= 4 is 16.7 Å². The second-order valence-corrected chi connectivity index (χ2v) is 11.7. The summed E-state index contributed by atoms with van der Waals surface area (Å²) in [6, 6.07) is 17.2. The molecule has 6 nitrogen and oxygen atoms in total. The lowest BCUT2D eigenvalue weighted by Crippen LogP contribution is -2.33. The van der Waals surface area contributed by atoms with Crippen LogP contribution in [0.2, 0.25) is 0 Å². The Labute approximate surface area is 239 Å². The van der Waals surface area contributed by atoms with Crippen LogP contribution >= 0.6 is 0 Å². The molecule has 1 aromatic heterocycles. The van der Waals surface area contributed by atoms with Crippen molar-refractivity contribution < 1.29 is 23.8 Å². The molecule has 0 saturated carbocycles. The van der Waals surface area contributed by atoms with Crippen molar-refractivity contribution in [2.45, 2.75) is 65.1 Å². The third-order valence-corrected chi connectivity index (χ3v) is 7.70. The van der Waals surface area contributed by atoms with E-state index in [2.05, 4.69) is 12.1 Å². The number of pyridine rings is 1. The highest BCUT2D eigenvalue weighted by Gasteiger charge is 2.34. The molecule has 5 rings (SSSR count). The van der Waals surface area contributed by atoms with E-state index in [9.17, 15) is 14.7 Å². The maximum absolute atomic E-state index is 15.5. The summed E-state index contributed by atoms with van der Waals surface area (Å²) in [5, 5.41) is 11.4. The van der Waals surface area contributed by atoms with E-state index in [1.165, 1.54) is 16.2 Å². The van der Waals surface area contributed by atoms with E-state index >= 15 is 4.39 Å². The summed E-state index contributed by atoms with van der Waals surface area (Å²) < 4.78 is 28.6. The largest absolute Gasteiger partial charge is 0.490 e. The van der Waals surface area contributed by atoms with E-state index in [1.54, 1.807) is 27.8 Å². The van der Waals surface area contributed by atoms with Crippen LogP contribution in [0.3, 0.4) is 0 Å². The molecule has 4 aromatic rings. The number of rotatable bonds is 7. The SMILES string of the molecule is Cc1c(-c2c([C@H](OC(C)(C)C)C(=O)O)n(C)c(=O)c3cc(CCc4ccccc4)ccc23)cc(F)c2c1CCCO2. The fraction of sp³-hybridized carbons (Fsp3) is 0.353. The number of aliphatic carboxylic acids is 1. The van der Waals surface area contributed by atoms with E-state index < -0.39 is 23.5 Å². The van der Waals surface area contributed by atoms with Gasteiger partial charge in [0.1, 0.15) is 0 Å². The van der Waals surface area contributed by atoms with E-state index in [-0.39, 0.29) is 17.0 Å². The maximum Gasteiger partial charge on any atom is 0.339 e. The Morgan fingerprint density at radius 1 is 1.07 bits per heavy atom. The Hall–Kier alpha value is -3.97. The van der Waals surface area contributed by atoms with Gasteiger partial charge in [-0.3, -0.25) is 4.79 Å². The molecule has 0 saturated heterocycles. The number of halogens is 1. The zero-order valence-electron chi connectivity index (χ0n) is 24.2. The minimum absolute atomic E-state index is 0.182. The van der Waals surface area contributed by atoms with Gasteiger partial charge in [0.05, 0.1) is 17.9 Å². The smallest absolute Gasteiger partial charge is 0.339 e. The minimum Gasteiger partial charge on any atom is -0.490 e. The first-order valence-electron chi connectivity index (χ1n) is 14.0. The van der Waals surface area contributed by atoms with Crippen molar-refractivity contribution in [3.05, 3.63) is 98.7 Å². The fourth-order valence-electron chi connectivity index (χ4n) is 5.76. The van der Waals surface area contributed by atoms with Gasteiger partial charge in [-0.15, -0.1) is 0 Å². The molecule has 1 aliphatic rings. The van der Waals surface area contributed by atoms with Crippen LogP contribution in [0.5, 0.6) is 5.75 Å². The molecule has 2 heterocycles. The molecule has 0 spiro atoms. The van der Waals surface area contributed by atoms with Gasteiger partial charge < -0.3 is 19.1 Å². The molecule has 1 aliphatic heterocycles. The number of aryl methyl sites for hydroxylation is 2. The van der Waals surface area contributed by atoms with Gasteiger partial charge in [-0.2, -0.15) is 0 Å². The fourth-order valence-corrected chi connectivity index (χ4v) is 5.76. The molecule has 0 aliphatic carbocycles. The summed E-state index contributed by atoms with van der Waals surface area (Å²) in [5.74, 6) is -1.48. The number of nitrogens with zero attached hydrogens (tertiary/aromatic N) is 1. The van der Waals surface area contributed by atoms with Crippen LogP contribution in [0, 0.1) is 12.7 Å². The van der Waals surface area contributed by atoms with Gasteiger partial charge in [0.2, 0.25) is 0 Å². The molecule has 0 unspecified atom stereocenters. The summed E-state index contributed by atoms with van der Waals surface area (Å²) in [7, 11) is 1.56. The van der Waals surface area contributed by atoms with Crippen LogP contribution in [-0.4, -0.2) is 27.9 Å². The molecule has 1 atom stereocenters. The van der Waals surface area contributed by atoms with Crippen LogP contribution in [0.15, 0.2) is 59.4 Å². The number of ether oxygens (including phenoxy) is 2. The monoisotopic (exact) mass is 557 g/mol. The standard InChI is InChI=1S/C34H36FNO5/c1-20-23-12-9-17-40-30(23)27(35)19-25(20)28-24-16-15-22(14-13-21-10-7-6-8-11-21)18-26(24)32(37)36(5)29(28)31(33(38)39)41-34(2,3)4/h6-8,10-11,15-16,18-19,31H,9,12-14,17H2,1-5H3,(H,38,39)/t31-/m0/s1. The van der Waals surface area contributed by atoms with Crippen LogP contribution in [-0.2, 0) is 35.8 Å². The Kier molecular flexibility index (Phi) is 7.75. The average molecular weight is 558 g/mol. The molecule has 0 amide bonds. The molecule has 214 valence electrons. The number of carbonyl (C=O) groups is 1. The number of fused-ring (bicyclic) bond motifs is 2. The van der Waals surface area contributed by atoms with Crippen LogP contribution in [0.25, 0.3) is 21.9 Å². The lowest BCUT2D eigenvalue weighted by Gasteiger charge is -2.29. The third-order valence-electron chi connectivity index (χ3n) is 7.70. The first kappa shape index (κ1) is 28.6. The highest BCUT2D eigenvalue weighted by molar-refractivity contribution is 6.00. The normalized spacial score (nSPS) is 14.0. The maximum atomic E-state index is 15.5. The van der Waals surface area contributed by atoms with Crippen LogP contribution in [0.4, 0.5) is 4.39 Å². The number of hydrogen-bond acceptors (Lipinski definition) is 4. The number of aromatic nitrogens is 1. The molecule has 41 heavy (non-hydrogen) atoms. The summed E-state index contributed by atoms with van der Waals surface area (Å²) in [6.45, 7) is 7.65. The Morgan fingerprint density at radius 2 is 1.78 bits per heavy atom. The van der Waals surface area contributed by atoms with Crippen LogP contribution in [0.1, 0.15) is 61.2 Å². The van der Waals surface area contributed by atoms with E-state index in [0.717, 1.165) is 36.0 Å². The minimum atomic E-state index is -1.46. The zero-order valence-corrected chi connectivity index (χ0v) is 24.2. The van der Waals surface area contributed by atoms with E-state index in [0.29, 0.717) is 34.9 Å². The van der Waals surface area contributed by atoms with Gasteiger partial charge in [0, 0.05) is 23.6 Å². The molecular weight excluding hydrogens is 521 g/mol. The van der Waals surface area contributed by atoms with Crippen molar-refractivity contribution in [1.82, 2.24) is 4.57 Å². The Balaban J connectivity index is 1.78. The van der Waals surface area contributed by atoms with Gasteiger partial charge >= 0.3 is 5.97 Å². The van der Waals surface area contributed by atoms with Gasteiger partial charge in [0.15, 0.2) is 17.7 Å². The van der Waals surface area contributed by atoms with Crippen molar-refractivity contribution in [2.75, 3.05) is 6.61 Å². The summed E-state index contributed by atoms with van der Waals surface area (Å²) >= 11 is 0. The van der Waals surface area contributed by atoms with Crippen LogP contribution < -0.4 is 10.3 Å². The molecule has 7 heteroatoms. The number of carboxylic acids is 1.